The van der Waals surface area contributed by atoms with Crippen LogP contribution in [0.2, 0.25) is 10.0 Å². The van der Waals surface area contributed by atoms with Crippen LogP contribution in [0.3, 0.4) is 0 Å². The van der Waals surface area contributed by atoms with E-state index < -0.39 is 0 Å². The molecule has 1 unspecified atom stereocenters. The van der Waals surface area contributed by atoms with E-state index in [1.807, 2.05) is 12.1 Å². The molecule has 0 saturated heterocycles. The minimum atomic E-state index is 0.327. The summed E-state index contributed by atoms with van der Waals surface area (Å²) in [5.41, 5.74) is 1.47. The summed E-state index contributed by atoms with van der Waals surface area (Å²) < 4.78 is 8.31. The van der Waals surface area contributed by atoms with E-state index >= 15 is 0 Å². The lowest BCUT2D eigenvalue weighted by Gasteiger charge is -2.33. The van der Waals surface area contributed by atoms with E-state index in [9.17, 15) is 0 Å². The highest BCUT2D eigenvalue weighted by Crippen LogP contribution is 2.38. The number of aromatic nitrogens is 2. The summed E-state index contributed by atoms with van der Waals surface area (Å²) in [7, 11) is 2.08. The van der Waals surface area contributed by atoms with E-state index in [1.165, 1.54) is 6.42 Å². The molecule has 0 aliphatic heterocycles. The van der Waals surface area contributed by atoms with Crippen molar-refractivity contribution in [3.63, 3.8) is 0 Å². The van der Waals surface area contributed by atoms with Gasteiger partial charge in [-0.15, -0.1) is 0 Å². The van der Waals surface area contributed by atoms with Gasteiger partial charge in [0, 0.05) is 34.8 Å². The van der Waals surface area contributed by atoms with E-state index in [0.29, 0.717) is 28.0 Å². The molecule has 0 fully saturated rings. The Morgan fingerprint density at radius 3 is 2.42 bits per heavy atom. The predicted octanol–water partition coefficient (Wildman–Crippen LogP) is 8.29. The highest BCUT2D eigenvalue weighted by Gasteiger charge is 2.26. The Hall–Kier alpha value is -1.10. The minimum Gasteiger partial charge on any atom is -0.498 e. The summed E-state index contributed by atoms with van der Waals surface area (Å²) >= 11 is 14.1. The maximum absolute atomic E-state index is 6.20. The summed E-state index contributed by atoms with van der Waals surface area (Å²) in [6.07, 6.45) is 6.44. The third-order valence-electron chi connectivity index (χ3n) is 5.97. The second-order valence-corrected chi connectivity index (χ2v) is 11.7. The maximum Gasteiger partial charge on any atom is 0.113 e. The standard InChI is InChI=1S/C25H34Cl2N2OS/c1-16(2)23-24(31-21-14-18(26)13-19(27)15-21)29(6)22(28-23)11-12-30-20-9-7-17(8-10-20)25(3,4)5/h9,13-17H,7-8,10-12H2,1-6H3. The Kier molecular flexibility index (Phi) is 8.10. The molecule has 31 heavy (non-hydrogen) atoms. The smallest absolute Gasteiger partial charge is 0.113 e. The van der Waals surface area contributed by atoms with Crippen LogP contribution in [0, 0.1) is 11.3 Å². The van der Waals surface area contributed by atoms with E-state index in [1.54, 1.807) is 17.8 Å². The first-order chi connectivity index (χ1) is 14.5. The van der Waals surface area contributed by atoms with E-state index in [2.05, 4.69) is 52.3 Å². The van der Waals surface area contributed by atoms with Crippen molar-refractivity contribution in [1.82, 2.24) is 9.55 Å². The van der Waals surface area contributed by atoms with E-state index in [4.69, 9.17) is 32.9 Å². The largest absolute Gasteiger partial charge is 0.498 e. The lowest BCUT2D eigenvalue weighted by Crippen LogP contribution is -2.22. The lowest BCUT2D eigenvalue weighted by atomic mass is 9.74. The number of allylic oxidation sites excluding steroid dienone is 2. The molecule has 3 nitrogen and oxygen atoms in total. The molecule has 1 atom stereocenters. The van der Waals surface area contributed by atoms with Gasteiger partial charge in [-0.3, -0.25) is 0 Å². The van der Waals surface area contributed by atoms with Crippen LogP contribution in [-0.4, -0.2) is 16.2 Å². The molecular formula is C25H34Cl2N2OS. The molecule has 2 aromatic rings. The predicted molar refractivity (Wildman–Crippen MR) is 132 cm³/mol. The molecule has 0 radical (unpaired) electrons. The first-order valence-electron chi connectivity index (χ1n) is 11.1. The second-order valence-electron chi connectivity index (χ2n) is 9.75. The van der Waals surface area contributed by atoms with Crippen molar-refractivity contribution in [1.29, 1.82) is 0 Å². The van der Waals surface area contributed by atoms with Crippen LogP contribution in [0.5, 0.6) is 0 Å². The maximum atomic E-state index is 6.20. The molecular weight excluding hydrogens is 447 g/mol. The topological polar surface area (TPSA) is 27.1 Å². The van der Waals surface area contributed by atoms with Crippen molar-refractivity contribution < 1.29 is 4.74 Å². The Balaban J connectivity index is 1.67. The van der Waals surface area contributed by atoms with Crippen molar-refractivity contribution in [3.05, 3.63) is 51.6 Å². The number of imidazole rings is 1. The molecule has 0 spiro atoms. The molecule has 1 aliphatic rings. The summed E-state index contributed by atoms with van der Waals surface area (Å²) in [6, 6.07) is 5.64. The van der Waals surface area contributed by atoms with Gasteiger partial charge in [-0.1, -0.05) is 69.6 Å². The van der Waals surface area contributed by atoms with Gasteiger partial charge in [-0.05, 0) is 54.4 Å². The molecule has 1 aliphatic carbocycles. The van der Waals surface area contributed by atoms with Gasteiger partial charge in [0.05, 0.1) is 18.1 Å². The van der Waals surface area contributed by atoms with Crippen molar-refractivity contribution in [2.45, 2.75) is 76.1 Å². The van der Waals surface area contributed by atoms with E-state index in [-0.39, 0.29) is 0 Å². The molecule has 1 aromatic carbocycles. The molecule has 0 bridgehead atoms. The van der Waals surface area contributed by atoms with Gasteiger partial charge in [0.1, 0.15) is 10.9 Å². The Morgan fingerprint density at radius 2 is 1.87 bits per heavy atom. The highest BCUT2D eigenvalue weighted by molar-refractivity contribution is 7.99. The zero-order valence-electron chi connectivity index (χ0n) is 19.5. The molecule has 1 aromatic heterocycles. The van der Waals surface area contributed by atoms with Gasteiger partial charge in [0.15, 0.2) is 0 Å². The Labute approximate surface area is 201 Å². The molecule has 170 valence electrons. The van der Waals surface area contributed by atoms with E-state index in [0.717, 1.165) is 52.4 Å². The summed E-state index contributed by atoms with van der Waals surface area (Å²) in [4.78, 5) is 5.97. The lowest BCUT2D eigenvalue weighted by molar-refractivity contribution is 0.160. The number of ether oxygens (including phenoxy) is 1. The molecule has 1 heterocycles. The average molecular weight is 482 g/mol. The first kappa shape index (κ1) is 24.5. The number of hydrogen-bond donors (Lipinski definition) is 0. The summed E-state index contributed by atoms with van der Waals surface area (Å²) in [5, 5.41) is 2.42. The quantitative estimate of drug-likeness (QED) is 0.398. The second kappa shape index (κ2) is 10.2. The van der Waals surface area contributed by atoms with Gasteiger partial charge in [0.2, 0.25) is 0 Å². The van der Waals surface area contributed by atoms with Crippen LogP contribution in [0.1, 0.15) is 71.3 Å². The minimum absolute atomic E-state index is 0.327. The first-order valence-corrected chi connectivity index (χ1v) is 12.6. The number of halogens is 2. The molecule has 0 N–H and O–H groups in total. The van der Waals surface area contributed by atoms with Gasteiger partial charge < -0.3 is 9.30 Å². The summed E-state index contributed by atoms with van der Waals surface area (Å²) in [5.74, 6) is 3.25. The zero-order chi connectivity index (χ0) is 22.8. The van der Waals surface area contributed by atoms with Crippen molar-refractivity contribution in [2.75, 3.05) is 6.61 Å². The van der Waals surface area contributed by atoms with Gasteiger partial charge in [-0.25, -0.2) is 4.98 Å². The third-order valence-corrected chi connectivity index (χ3v) is 7.55. The fraction of sp³-hybridized carbons (Fsp3) is 0.560. The van der Waals surface area contributed by atoms with Crippen LogP contribution >= 0.6 is 35.0 Å². The van der Waals surface area contributed by atoms with Gasteiger partial charge in [0.25, 0.3) is 0 Å². The van der Waals surface area contributed by atoms with Crippen molar-refractivity contribution in [3.8, 4) is 0 Å². The number of benzene rings is 1. The normalized spacial score (nSPS) is 17.2. The van der Waals surface area contributed by atoms with Gasteiger partial charge >= 0.3 is 0 Å². The number of rotatable bonds is 7. The highest BCUT2D eigenvalue weighted by atomic mass is 35.5. The molecule has 3 rings (SSSR count). The van der Waals surface area contributed by atoms with Crippen LogP contribution in [0.25, 0.3) is 0 Å². The van der Waals surface area contributed by atoms with Crippen LogP contribution < -0.4 is 0 Å². The SMILES string of the molecule is CC(C)c1nc(CCOC2=CCC(C(C)(C)C)CC2)n(C)c1Sc1cc(Cl)cc(Cl)c1. The zero-order valence-corrected chi connectivity index (χ0v) is 21.8. The molecule has 6 heteroatoms. The van der Waals surface area contributed by atoms with Crippen LogP contribution in [0.4, 0.5) is 0 Å². The van der Waals surface area contributed by atoms with Gasteiger partial charge in [-0.2, -0.15) is 0 Å². The fourth-order valence-electron chi connectivity index (χ4n) is 3.97. The van der Waals surface area contributed by atoms with Crippen molar-refractivity contribution >= 4 is 35.0 Å². The van der Waals surface area contributed by atoms with Crippen LogP contribution in [-0.2, 0) is 18.2 Å². The number of hydrogen-bond acceptors (Lipinski definition) is 3. The fourth-order valence-corrected chi connectivity index (χ4v) is 5.85. The average Bonchev–Trinajstić information content (AvgIpc) is 2.97. The Morgan fingerprint density at radius 1 is 1.19 bits per heavy atom. The number of nitrogens with zero attached hydrogens (tertiary/aromatic N) is 2. The monoisotopic (exact) mass is 480 g/mol. The Bertz CT molecular complexity index is 923. The summed E-state index contributed by atoms with van der Waals surface area (Å²) in [6.45, 7) is 12.0. The third kappa shape index (κ3) is 6.46. The molecule has 0 amide bonds. The molecule has 0 saturated carbocycles. The van der Waals surface area contributed by atoms with Crippen molar-refractivity contribution in [2.24, 2.45) is 18.4 Å². The van der Waals surface area contributed by atoms with Crippen LogP contribution in [0.15, 0.2) is 40.0 Å².